The fourth-order valence-electron chi connectivity index (χ4n) is 2.25. The van der Waals surface area contributed by atoms with E-state index in [2.05, 4.69) is 5.32 Å². The summed E-state index contributed by atoms with van der Waals surface area (Å²) in [5.41, 5.74) is 0. The molecule has 0 bridgehead atoms. The lowest BCUT2D eigenvalue weighted by Crippen LogP contribution is -2.33. The lowest BCUT2D eigenvalue weighted by atomic mass is 10.3. The van der Waals surface area contributed by atoms with Crippen LogP contribution in [0.4, 0.5) is 0 Å². The lowest BCUT2D eigenvalue weighted by molar-refractivity contribution is 0.302. The van der Waals surface area contributed by atoms with Gasteiger partial charge in [0.2, 0.25) is 0 Å². The van der Waals surface area contributed by atoms with Crippen LogP contribution in [-0.2, 0) is 9.84 Å². The van der Waals surface area contributed by atoms with Gasteiger partial charge in [-0.15, -0.1) is 0 Å². The molecule has 1 unspecified atom stereocenters. The zero-order valence-corrected chi connectivity index (χ0v) is 13.1. The molecule has 118 valence electrons. The van der Waals surface area contributed by atoms with Gasteiger partial charge in [-0.25, -0.2) is 8.42 Å². The van der Waals surface area contributed by atoms with Crippen molar-refractivity contribution in [2.24, 2.45) is 0 Å². The van der Waals surface area contributed by atoms with E-state index in [0.717, 1.165) is 0 Å². The Morgan fingerprint density at radius 1 is 1.14 bits per heavy atom. The monoisotopic (exact) mass is 315 g/mol. The number of sulfone groups is 1. The Labute approximate surface area is 125 Å². The van der Waals surface area contributed by atoms with Crippen LogP contribution in [0.2, 0.25) is 0 Å². The molecule has 0 spiro atoms. The van der Waals surface area contributed by atoms with Gasteiger partial charge in [0.1, 0.15) is 23.9 Å². The minimum Gasteiger partial charge on any atom is -0.496 e. The van der Waals surface area contributed by atoms with Crippen LogP contribution in [0.1, 0.15) is 6.42 Å². The second-order valence-electron chi connectivity index (χ2n) is 4.95. The van der Waals surface area contributed by atoms with Crippen molar-refractivity contribution in [1.29, 1.82) is 0 Å². The van der Waals surface area contributed by atoms with Crippen LogP contribution in [0, 0.1) is 0 Å². The van der Waals surface area contributed by atoms with Crippen LogP contribution < -0.4 is 19.5 Å². The van der Waals surface area contributed by atoms with Gasteiger partial charge in [0, 0.05) is 30.8 Å². The van der Waals surface area contributed by atoms with Gasteiger partial charge in [-0.1, -0.05) is 0 Å². The highest BCUT2D eigenvalue weighted by molar-refractivity contribution is 7.91. The zero-order valence-electron chi connectivity index (χ0n) is 12.3. The number of methoxy groups -OCH3 is 2. The standard InChI is InChI=1S/C14H21NO5S/c1-18-12-7-13(19-2)9-14(8-12)20-5-4-15-11-3-6-21(16,17)10-11/h7-9,11,15H,3-6,10H2,1-2H3. The highest BCUT2D eigenvalue weighted by Gasteiger charge is 2.27. The van der Waals surface area contributed by atoms with Gasteiger partial charge in [-0.05, 0) is 6.42 Å². The summed E-state index contributed by atoms with van der Waals surface area (Å²) in [5, 5.41) is 3.20. The molecule has 2 rings (SSSR count). The average Bonchev–Trinajstić information content (AvgIpc) is 2.82. The summed E-state index contributed by atoms with van der Waals surface area (Å²) >= 11 is 0. The third kappa shape index (κ3) is 4.78. The van der Waals surface area contributed by atoms with Crippen molar-refractivity contribution in [1.82, 2.24) is 5.32 Å². The molecule has 0 aromatic heterocycles. The van der Waals surface area contributed by atoms with Crippen molar-refractivity contribution >= 4 is 9.84 Å². The number of benzene rings is 1. The summed E-state index contributed by atoms with van der Waals surface area (Å²) in [7, 11) is 0.329. The predicted molar refractivity (Wildman–Crippen MR) is 80.1 cm³/mol. The highest BCUT2D eigenvalue weighted by atomic mass is 32.2. The first-order valence-electron chi connectivity index (χ1n) is 6.82. The first-order valence-corrected chi connectivity index (χ1v) is 8.64. The maximum Gasteiger partial charge on any atom is 0.151 e. The molecule has 1 heterocycles. The Bertz CT molecular complexity index is 550. The largest absolute Gasteiger partial charge is 0.496 e. The molecule has 1 saturated heterocycles. The molecule has 1 aromatic carbocycles. The SMILES string of the molecule is COc1cc(OC)cc(OCCNC2CCS(=O)(=O)C2)c1. The molecule has 1 aliphatic rings. The van der Waals surface area contributed by atoms with Crippen molar-refractivity contribution in [3.05, 3.63) is 18.2 Å². The number of hydrogen-bond acceptors (Lipinski definition) is 6. The lowest BCUT2D eigenvalue weighted by Gasteiger charge is -2.13. The van der Waals surface area contributed by atoms with E-state index in [-0.39, 0.29) is 17.5 Å². The fourth-order valence-corrected chi connectivity index (χ4v) is 3.96. The number of ether oxygens (including phenoxy) is 3. The van der Waals surface area contributed by atoms with Crippen LogP contribution >= 0.6 is 0 Å². The maximum atomic E-state index is 11.3. The van der Waals surface area contributed by atoms with Gasteiger partial charge >= 0.3 is 0 Å². The minimum absolute atomic E-state index is 0.0402. The average molecular weight is 315 g/mol. The summed E-state index contributed by atoms with van der Waals surface area (Å²) < 4.78 is 38.6. The second kappa shape index (κ2) is 7.00. The normalized spacial score (nSPS) is 20.2. The molecule has 1 fully saturated rings. The first-order chi connectivity index (χ1) is 10.0. The Hall–Kier alpha value is -1.47. The molecule has 1 atom stereocenters. The quantitative estimate of drug-likeness (QED) is 0.752. The molecule has 1 N–H and O–H groups in total. The number of rotatable bonds is 7. The molecular formula is C14H21NO5S. The van der Waals surface area contributed by atoms with Crippen LogP contribution in [0.5, 0.6) is 17.2 Å². The summed E-state index contributed by atoms with van der Waals surface area (Å²) in [6.45, 7) is 1.05. The molecule has 0 amide bonds. The van der Waals surface area contributed by atoms with Gasteiger partial charge in [0.25, 0.3) is 0 Å². The molecule has 7 heteroatoms. The summed E-state index contributed by atoms with van der Waals surface area (Å²) in [6.07, 6.45) is 0.676. The molecule has 21 heavy (non-hydrogen) atoms. The number of nitrogens with one attached hydrogen (secondary N) is 1. The topological polar surface area (TPSA) is 73.9 Å². The van der Waals surface area contributed by atoms with Crippen LogP contribution in [0.25, 0.3) is 0 Å². The van der Waals surface area contributed by atoms with Gasteiger partial charge in [0.05, 0.1) is 25.7 Å². The molecule has 1 aromatic rings. The van der Waals surface area contributed by atoms with E-state index < -0.39 is 9.84 Å². The Kier molecular flexibility index (Phi) is 5.30. The molecule has 0 aliphatic carbocycles. The van der Waals surface area contributed by atoms with E-state index in [1.165, 1.54) is 0 Å². The van der Waals surface area contributed by atoms with Crippen molar-refractivity contribution < 1.29 is 22.6 Å². The zero-order chi connectivity index (χ0) is 15.3. The van der Waals surface area contributed by atoms with Crippen molar-refractivity contribution in [3.63, 3.8) is 0 Å². The Morgan fingerprint density at radius 3 is 2.29 bits per heavy atom. The molecule has 6 nitrogen and oxygen atoms in total. The van der Waals surface area contributed by atoms with Crippen molar-refractivity contribution in [3.8, 4) is 17.2 Å². The van der Waals surface area contributed by atoms with Crippen molar-refractivity contribution in [2.45, 2.75) is 12.5 Å². The van der Waals surface area contributed by atoms with E-state index in [1.807, 2.05) is 0 Å². The maximum absolute atomic E-state index is 11.3. The van der Waals surface area contributed by atoms with E-state index in [9.17, 15) is 8.42 Å². The number of hydrogen-bond donors (Lipinski definition) is 1. The molecular weight excluding hydrogens is 294 g/mol. The van der Waals surface area contributed by atoms with E-state index in [4.69, 9.17) is 14.2 Å². The summed E-state index contributed by atoms with van der Waals surface area (Å²) in [5.74, 6) is 2.49. The third-order valence-corrected chi connectivity index (χ3v) is 5.13. The van der Waals surface area contributed by atoms with E-state index >= 15 is 0 Å². The fraction of sp³-hybridized carbons (Fsp3) is 0.571. The van der Waals surface area contributed by atoms with E-state index in [0.29, 0.717) is 36.8 Å². The molecule has 0 radical (unpaired) electrons. The van der Waals surface area contributed by atoms with Gasteiger partial charge in [0.15, 0.2) is 9.84 Å². The summed E-state index contributed by atoms with van der Waals surface area (Å²) in [6, 6.07) is 5.37. The van der Waals surface area contributed by atoms with Gasteiger partial charge in [-0.3, -0.25) is 0 Å². The molecule has 0 saturated carbocycles. The van der Waals surface area contributed by atoms with Crippen molar-refractivity contribution in [2.75, 3.05) is 38.9 Å². The first kappa shape index (κ1) is 15.9. The van der Waals surface area contributed by atoms with Crippen LogP contribution in [0.3, 0.4) is 0 Å². The highest BCUT2D eigenvalue weighted by Crippen LogP contribution is 2.27. The van der Waals surface area contributed by atoms with Gasteiger partial charge < -0.3 is 19.5 Å². The Balaban J connectivity index is 1.78. The van der Waals surface area contributed by atoms with Crippen LogP contribution in [0.15, 0.2) is 18.2 Å². The summed E-state index contributed by atoms with van der Waals surface area (Å²) in [4.78, 5) is 0. The second-order valence-corrected chi connectivity index (χ2v) is 7.18. The van der Waals surface area contributed by atoms with Crippen LogP contribution in [-0.4, -0.2) is 53.3 Å². The molecule has 1 aliphatic heterocycles. The third-order valence-electron chi connectivity index (χ3n) is 3.36. The minimum atomic E-state index is -2.84. The van der Waals surface area contributed by atoms with E-state index in [1.54, 1.807) is 32.4 Å². The smallest absolute Gasteiger partial charge is 0.151 e. The van der Waals surface area contributed by atoms with Gasteiger partial charge in [-0.2, -0.15) is 0 Å². The predicted octanol–water partition coefficient (Wildman–Crippen LogP) is 0.859. The Morgan fingerprint density at radius 2 is 1.76 bits per heavy atom.